The van der Waals surface area contributed by atoms with E-state index in [1.807, 2.05) is 12.1 Å². The Morgan fingerprint density at radius 1 is 0.881 bits per heavy atom. The zero-order chi connectivity index (χ0) is 30.9. The second kappa shape index (κ2) is 14.8. The quantitative estimate of drug-likeness (QED) is 0.114. The van der Waals surface area contributed by atoms with Crippen LogP contribution in [-0.4, -0.2) is 39.8 Å². The van der Waals surface area contributed by atoms with Gasteiger partial charge >= 0.3 is 11.9 Å². The minimum Gasteiger partial charge on any atom is -0.492 e. The number of hydrogen-bond donors (Lipinski definition) is 0. The molecule has 1 aliphatic heterocycles. The van der Waals surface area contributed by atoms with Crippen LogP contribution in [0.1, 0.15) is 64.5 Å². The van der Waals surface area contributed by atoms with Crippen molar-refractivity contribution in [1.82, 2.24) is 0 Å². The third kappa shape index (κ3) is 8.68. The Bertz CT molecular complexity index is 1220. The summed E-state index contributed by atoms with van der Waals surface area (Å²) in [4.78, 5) is 24.7. The van der Waals surface area contributed by atoms with Gasteiger partial charge in [0.25, 0.3) is 0 Å². The largest absolute Gasteiger partial charge is 0.492 e. The van der Waals surface area contributed by atoms with E-state index in [2.05, 4.69) is 64.4 Å². The summed E-state index contributed by atoms with van der Waals surface area (Å²) in [5, 5.41) is 1.43. The first-order valence-electron chi connectivity index (χ1n) is 15.0. The van der Waals surface area contributed by atoms with E-state index in [-0.39, 0.29) is 18.6 Å². The van der Waals surface area contributed by atoms with E-state index >= 15 is 0 Å². The molecule has 0 aliphatic carbocycles. The van der Waals surface area contributed by atoms with E-state index in [0.717, 1.165) is 24.0 Å². The standard InChI is InChI=1S/C35H48O6Si/c1-9-11-17-42(7,8)31-14-12-27(13-15-31)28-18-29(20-39-33(36)25(3)4)32(30(19-28)21-40-34(37)26(5)6)41-24-35(16-10-2)22-38-23-35/h12-15,18-19H,3,5,9-11,16-17,20-24H2,1-2,4,6-8H3. The van der Waals surface area contributed by atoms with E-state index in [1.54, 1.807) is 13.8 Å². The van der Waals surface area contributed by atoms with E-state index in [4.69, 9.17) is 18.9 Å². The summed E-state index contributed by atoms with van der Waals surface area (Å²) >= 11 is 0. The maximum Gasteiger partial charge on any atom is 0.333 e. The third-order valence-electron chi connectivity index (χ3n) is 7.93. The van der Waals surface area contributed by atoms with Crippen LogP contribution in [0.5, 0.6) is 5.75 Å². The number of unbranched alkanes of at least 4 members (excludes halogenated alkanes) is 1. The van der Waals surface area contributed by atoms with E-state index in [9.17, 15) is 9.59 Å². The number of esters is 2. The van der Waals surface area contributed by atoms with Gasteiger partial charge in [-0.1, -0.05) is 94.9 Å². The van der Waals surface area contributed by atoms with Gasteiger partial charge in [-0.15, -0.1) is 0 Å². The molecule has 1 saturated heterocycles. The molecular formula is C35H48O6Si. The average Bonchev–Trinajstić information content (AvgIpc) is 2.94. The van der Waals surface area contributed by atoms with E-state index < -0.39 is 20.0 Å². The van der Waals surface area contributed by atoms with Gasteiger partial charge in [0.2, 0.25) is 0 Å². The van der Waals surface area contributed by atoms with Gasteiger partial charge in [0.05, 0.1) is 33.3 Å². The Kier molecular flexibility index (Phi) is 11.8. The van der Waals surface area contributed by atoms with Crippen LogP contribution < -0.4 is 9.92 Å². The highest BCUT2D eigenvalue weighted by Gasteiger charge is 2.39. The lowest BCUT2D eigenvalue weighted by atomic mass is 9.82. The molecule has 0 atom stereocenters. The highest BCUT2D eigenvalue weighted by atomic mass is 28.3. The zero-order valence-electron chi connectivity index (χ0n) is 26.4. The fraction of sp³-hybridized carbons (Fsp3) is 0.486. The smallest absolute Gasteiger partial charge is 0.333 e. The first-order chi connectivity index (χ1) is 19.9. The molecule has 0 bridgehead atoms. The van der Waals surface area contributed by atoms with E-state index in [0.29, 0.717) is 47.8 Å². The first kappa shape index (κ1) is 33.3. The summed E-state index contributed by atoms with van der Waals surface area (Å²) in [5.74, 6) is -0.380. The highest BCUT2D eigenvalue weighted by Crippen LogP contribution is 2.37. The number of carbonyl (C=O) groups excluding carboxylic acids is 2. The molecule has 6 nitrogen and oxygen atoms in total. The zero-order valence-corrected chi connectivity index (χ0v) is 27.4. The van der Waals surface area contributed by atoms with E-state index in [1.165, 1.54) is 24.1 Å². The molecule has 1 aliphatic rings. The molecular weight excluding hydrogens is 544 g/mol. The maximum absolute atomic E-state index is 12.4. The van der Waals surface area contributed by atoms with Gasteiger partial charge in [0.1, 0.15) is 19.0 Å². The minimum absolute atomic E-state index is 0.00260. The van der Waals surface area contributed by atoms with Crippen LogP contribution in [0.3, 0.4) is 0 Å². The first-order valence-corrected chi connectivity index (χ1v) is 18.2. The third-order valence-corrected chi connectivity index (χ3v) is 11.4. The number of benzene rings is 2. The molecule has 0 spiro atoms. The number of hydrogen-bond acceptors (Lipinski definition) is 6. The Balaban J connectivity index is 2.04. The van der Waals surface area contributed by atoms with Crippen molar-refractivity contribution in [3.63, 3.8) is 0 Å². The van der Waals surface area contributed by atoms with Crippen LogP contribution in [0.15, 0.2) is 60.7 Å². The second-order valence-electron chi connectivity index (χ2n) is 12.4. The monoisotopic (exact) mass is 592 g/mol. The summed E-state index contributed by atoms with van der Waals surface area (Å²) in [7, 11) is -1.52. The lowest BCUT2D eigenvalue weighted by molar-refractivity contribution is -0.140. The van der Waals surface area contributed by atoms with Crippen molar-refractivity contribution in [2.45, 2.75) is 85.7 Å². The van der Waals surface area contributed by atoms with Crippen LogP contribution in [0.2, 0.25) is 19.1 Å². The predicted molar refractivity (Wildman–Crippen MR) is 172 cm³/mol. The maximum atomic E-state index is 12.4. The van der Waals surface area contributed by atoms with Gasteiger partial charge in [-0.25, -0.2) is 9.59 Å². The summed E-state index contributed by atoms with van der Waals surface area (Å²) in [5.41, 5.74) is 3.95. The average molecular weight is 593 g/mol. The van der Waals surface area contributed by atoms with Crippen molar-refractivity contribution in [2.75, 3.05) is 19.8 Å². The Labute approximate surface area is 253 Å². The van der Waals surface area contributed by atoms with Crippen molar-refractivity contribution in [1.29, 1.82) is 0 Å². The van der Waals surface area contributed by atoms with Crippen molar-refractivity contribution in [3.8, 4) is 16.9 Å². The molecule has 0 unspecified atom stereocenters. The summed E-state index contributed by atoms with van der Waals surface area (Å²) in [6.45, 7) is 21.6. The Hall–Kier alpha value is -3.16. The van der Waals surface area contributed by atoms with Gasteiger partial charge in [-0.3, -0.25) is 0 Å². The topological polar surface area (TPSA) is 71.1 Å². The van der Waals surface area contributed by atoms with Crippen LogP contribution in [0.25, 0.3) is 11.1 Å². The van der Waals surface area contributed by atoms with Crippen LogP contribution in [0.4, 0.5) is 0 Å². The van der Waals surface area contributed by atoms with Crippen molar-refractivity contribution >= 4 is 25.2 Å². The van der Waals surface area contributed by atoms with Gasteiger partial charge in [-0.05, 0) is 43.5 Å². The fourth-order valence-corrected chi connectivity index (χ4v) is 7.77. The summed E-state index contributed by atoms with van der Waals surface area (Å²) < 4.78 is 23.3. The second-order valence-corrected chi connectivity index (χ2v) is 17.3. The molecule has 0 amide bonds. The molecule has 0 radical (unpaired) electrons. The lowest BCUT2D eigenvalue weighted by Crippen LogP contribution is -2.47. The van der Waals surface area contributed by atoms with Crippen molar-refractivity contribution in [3.05, 3.63) is 71.8 Å². The van der Waals surface area contributed by atoms with Crippen LogP contribution in [0, 0.1) is 5.41 Å². The van der Waals surface area contributed by atoms with Crippen LogP contribution in [-0.2, 0) is 37.0 Å². The minimum atomic E-state index is -1.52. The molecule has 3 rings (SSSR count). The van der Waals surface area contributed by atoms with Gasteiger partial charge in [0, 0.05) is 22.3 Å². The molecule has 0 aromatic heterocycles. The fourth-order valence-electron chi connectivity index (χ4n) is 5.18. The predicted octanol–water partition coefficient (Wildman–Crippen LogP) is 7.50. The number of ether oxygens (including phenoxy) is 4. The molecule has 2 aromatic carbocycles. The molecule has 1 fully saturated rings. The lowest BCUT2D eigenvalue weighted by Gasteiger charge is -2.41. The highest BCUT2D eigenvalue weighted by molar-refractivity contribution is 6.89. The molecule has 2 aromatic rings. The molecule has 7 heteroatoms. The van der Waals surface area contributed by atoms with Gasteiger partial charge < -0.3 is 18.9 Å². The Morgan fingerprint density at radius 3 is 1.86 bits per heavy atom. The number of carbonyl (C=O) groups is 2. The molecule has 228 valence electrons. The molecule has 0 saturated carbocycles. The van der Waals surface area contributed by atoms with Crippen molar-refractivity contribution < 1.29 is 28.5 Å². The van der Waals surface area contributed by atoms with Crippen LogP contribution >= 0.6 is 0 Å². The van der Waals surface area contributed by atoms with Crippen molar-refractivity contribution in [2.24, 2.45) is 5.41 Å². The molecule has 0 N–H and O–H groups in total. The Morgan fingerprint density at radius 2 is 1.43 bits per heavy atom. The SMILES string of the molecule is C=C(C)C(=O)OCc1cc(-c2ccc([Si](C)(C)CCCC)cc2)cc(COC(=O)C(=C)C)c1OCC1(CCC)COC1. The van der Waals surface area contributed by atoms with Gasteiger partial charge in [0.15, 0.2) is 0 Å². The molecule has 1 heterocycles. The molecule has 42 heavy (non-hydrogen) atoms. The summed E-state index contributed by atoms with van der Waals surface area (Å²) in [6.07, 6.45) is 4.45. The normalized spacial score (nSPS) is 14.0. The number of rotatable bonds is 16. The summed E-state index contributed by atoms with van der Waals surface area (Å²) in [6, 6.07) is 14.1. The van der Waals surface area contributed by atoms with Gasteiger partial charge in [-0.2, -0.15) is 0 Å².